The summed E-state index contributed by atoms with van der Waals surface area (Å²) in [4.78, 5) is 26.0. The highest BCUT2D eigenvalue weighted by Gasteiger charge is 2.75. The van der Waals surface area contributed by atoms with E-state index in [0.717, 1.165) is 51.9 Å². The first-order valence-electron chi connectivity index (χ1n) is 16.7. The number of benzene rings is 3. The summed E-state index contributed by atoms with van der Waals surface area (Å²) in [7, 11) is 0. The molecule has 1 saturated heterocycles. The summed E-state index contributed by atoms with van der Waals surface area (Å²) in [5, 5.41) is 22.2. The van der Waals surface area contributed by atoms with Crippen LogP contribution < -0.4 is 5.73 Å². The molecule has 4 N–H and O–H groups in total. The molecule has 1 heterocycles. The molecular formula is C40H41NO6. The second kappa shape index (κ2) is 10.8. The average Bonchev–Trinajstić information content (AvgIpc) is 3.57. The number of carbonyl (C=O) groups excluding carboxylic acids is 2. The summed E-state index contributed by atoms with van der Waals surface area (Å²) >= 11 is 0. The Morgan fingerprint density at radius 2 is 1.66 bits per heavy atom. The zero-order valence-corrected chi connectivity index (χ0v) is 26.8. The highest BCUT2D eigenvalue weighted by Crippen LogP contribution is 2.70. The van der Waals surface area contributed by atoms with Crippen molar-refractivity contribution in [2.24, 2.45) is 28.6 Å². The van der Waals surface area contributed by atoms with Gasteiger partial charge in [0.2, 0.25) is 0 Å². The highest BCUT2D eigenvalue weighted by atomic mass is 16.7. The Morgan fingerprint density at radius 1 is 0.979 bits per heavy atom. The zero-order valence-electron chi connectivity index (χ0n) is 26.8. The first-order valence-corrected chi connectivity index (χ1v) is 16.7. The van der Waals surface area contributed by atoms with Gasteiger partial charge >= 0.3 is 0 Å². The molecule has 4 fully saturated rings. The van der Waals surface area contributed by atoms with E-state index in [1.54, 1.807) is 12.2 Å². The molecule has 1 aliphatic heterocycles. The Hall–Kier alpha value is -3.88. The van der Waals surface area contributed by atoms with Gasteiger partial charge in [0.25, 0.3) is 0 Å². The van der Waals surface area contributed by atoms with Crippen molar-refractivity contribution in [3.05, 3.63) is 102 Å². The Morgan fingerprint density at radius 3 is 2.34 bits per heavy atom. The van der Waals surface area contributed by atoms with Crippen molar-refractivity contribution in [2.75, 3.05) is 12.3 Å². The van der Waals surface area contributed by atoms with Crippen molar-refractivity contribution in [1.82, 2.24) is 0 Å². The monoisotopic (exact) mass is 631 g/mol. The molecule has 242 valence electrons. The molecule has 0 aromatic heterocycles. The standard InChI is InChI=1S/C40H41NO6/c1-38-17-16-30(43)19-28(38)14-15-31-32-20-35-40(34(45)22-42,39(32,2)21-33(44)36(31)38)47-37(46-35)26-12-10-24(11-13-26)23-6-8-25(9-7-23)27-4-3-5-29(41)18-27/h3-13,16-19,31-33,35-37,42,44H,14-15,20-22,41H2,1-2H3/t31-,32-,33-,35+,36+,37+,38-,39-,40+/m0/s1. The van der Waals surface area contributed by atoms with Crippen LogP contribution in [0.4, 0.5) is 5.69 Å². The molecule has 3 aromatic carbocycles. The maximum atomic E-state index is 13.8. The molecule has 0 spiro atoms. The molecule has 4 aliphatic carbocycles. The molecule has 3 saturated carbocycles. The number of allylic oxidation sites excluding steroid dienone is 4. The lowest BCUT2D eigenvalue weighted by Crippen LogP contribution is -2.63. The van der Waals surface area contributed by atoms with Gasteiger partial charge in [0, 0.05) is 28.0 Å². The lowest BCUT2D eigenvalue weighted by Gasteiger charge is -2.59. The van der Waals surface area contributed by atoms with Crippen LogP contribution >= 0.6 is 0 Å². The average molecular weight is 632 g/mol. The maximum absolute atomic E-state index is 13.8. The smallest absolute Gasteiger partial charge is 0.193 e. The first kappa shape index (κ1) is 30.5. The predicted octanol–water partition coefficient (Wildman–Crippen LogP) is 6.21. The maximum Gasteiger partial charge on any atom is 0.193 e. The number of hydrogen-bond donors (Lipinski definition) is 3. The molecule has 5 aliphatic rings. The summed E-state index contributed by atoms with van der Waals surface area (Å²) in [6.45, 7) is 3.54. The number of ketones is 2. The van der Waals surface area contributed by atoms with Gasteiger partial charge in [-0.15, -0.1) is 0 Å². The minimum Gasteiger partial charge on any atom is -0.399 e. The predicted molar refractivity (Wildman–Crippen MR) is 179 cm³/mol. The topological polar surface area (TPSA) is 119 Å². The normalized spacial score (nSPS) is 37.0. The van der Waals surface area contributed by atoms with Crippen LogP contribution in [0.1, 0.15) is 51.4 Å². The second-order valence-electron chi connectivity index (χ2n) is 14.7. The second-order valence-corrected chi connectivity index (χ2v) is 14.7. The van der Waals surface area contributed by atoms with Crippen molar-refractivity contribution >= 4 is 17.3 Å². The van der Waals surface area contributed by atoms with E-state index in [9.17, 15) is 19.8 Å². The van der Waals surface area contributed by atoms with Gasteiger partial charge in [0.15, 0.2) is 23.5 Å². The molecular weight excluding hydrogens is 590 g/mol. The highest BCUT2D eigenvalue weighted by molar-refractivity contribution is 6.01. The fraction of sp³-hybridized carbons (Fsp3) is 0.400. The van der Waals surface area contributed by atoms with Gasteiger partial charge in [-0.1, -0.05) is 86.2 Å². The summed E-state index contributed by atoms with van der Waals surface area (Å²) in [5.41, 5.74) is 10.3. The van der Waals surface area contributed by atoms with Gasteiger partial charge in [-0.25, -0.2) is 0 Å². The molecule has 7 heteroatoms. The molecule has 3 aromatic rings. The van der Waals surface area contributed by atoms with Crippen molar-refractivity contribution in [3.63, 3.8) is 0 Å². The van der Waals surface area contributed by atoms with E-state index in [2.05, 4.69) is 38.1 Å². The van der Waals surface area contributed by atoms with Crippen LogP contribution in [0.2, 0.25) is 0 Å². The van der Waals surface area contributed by atoms with Gasteiger partial charge in [-0.05, 0) is 84.1 Å². The zero-order chi connectivity index (χ0) is 32.7. The van der Waals surface area contributed by atoms with E-state index in [1.165, 1.54) is 0 Å². The summed E-state index contributed by atoms with van der Waals surface area (Å²) in [6, 6.07) is 24.2. The van der Waals surface area contributed by atoms with E-state index < -0.39 is 41.5 Å². The summed E-state index contributed by atoms with van der Waals surface area (Å²) in [5.74, 6) is -0.286. The number of aliphatic hydroxyl groups excluding tert-OH is 2. The van der Waals surface area contributed by atoms with Crippen LogP contribution in [-0.2, 0) is 19.1 Å². The Kier molecular flexibility index (Phi) is 7.01. The van der Waals surface area contributed by atoms with Gasteiger partial charge < -0.3 is 25.4 Å². The molecule has 0 bridgehead atoms. The lowest BCUT2D eigenvalue weighted by atomic mass is 9.46. The van der Waals surface area contributed by atoms with Crippen LogP contribution in [0, 0.1) is 28.6 Å². The summed E-state index contributed by atoms with van der Waals surface area (Å²) in [6.07, 6.45) is 5.91. The van der Waals surface area contributed by atoms with E-state index in [-0.39, 0.29) is 29.3 Å². The quantitative estimate of drug-likeness (QED) is 0.287. The van der Waals surface area contributed by atoms with Gasteiger partial charge in [0.1, 0.15) is 6.61 Å². The third-order valence-electron chi connectivity index (χ3n) is 12.4. The molecule has 47 heavy (non-hydrogen) atoms. The van der Waals surface area contributed by atoms with Gasteiger partial charge in [-0.2, -0.15) is 0 Å². The molecule has 0 amide bonds. The fourth-order valence-electron chi connectivity index (χ4n) is 10.2. The van der Waals surface area contributed by atoms with Crippen molar-refractivity contribution < 1.29 is 29.3 Å². The number of rotatable bonds is 5. The van der Waals surface area contributed by atoms with E-state index in [4.69, 9.17) is 15.2 Å². The number of fused-ring (bicyclic) bond motifs is 7. The van der Waals surface area contributed by atoms with E-state index in [0.29, 0.717) is 12.8 Å². The number of carbonyl (C=O) groups is 2. The molecule has 8 rings (SSSR count). The fourth-order valence-corrected chi connectivity index (χ4v) is 10.2. The third kappa shape index (κ3) is 4.40. The number of aliphatic hydroxyl groups is 2. The molecule has 9 atom stereocenters. The van der Waals surface area contributed by atoms with Crippen LogP contribution in [0.5, 0.6) is 0 Å². The Balaban J connectivity index is 1.06. The number of anilines is 1. The Labute approximate surface area is 275 Å². The first-order chi connectivity index (χ1) is 22.6. The number of nitrogen functional groups attached to an aromatic ring is 1. The van der Waals surface area contributed by atoms with E-state index >= 15 is 0 Å². The number of Topliss-reactive ketones (excluding diaryl/α,β-unsaturated/α-hetero) is 1. The minimum absolute atomic E-state index is 0.00164. The van der Waals surface area contributed by atoms with Crippen molar-refractivity contribution in [3.8, 4) is 22.3 Å². The molecule has 7 nitrogen and oxygen atoms in total. The largest absolute Gasteiger partial charge is 0.399 e. The number of ether oxygens (including phenoxy) is 2. The summed E-state index contributed by atoms with van der Waals surface area (Å²) < 4.78 is 13.4. The van der Waals surface area contributed by atoms with Crippen LogP contribution in [0.25, 0.3) is 22.3 Å². The van der Waals surface area contributed by atoms with Gasteiger partial charge in [0.05, 0.1) is 12.2 Å². The Bertz CT molecular complexity index is 1810. The lowest BCUT2D eigenvalue weighted by molar-refractivity contribution is -0.201. The van der Waals surface area contributed by atoms with Crippen LogP contribution in [-0.4, -0.2) is 46.2 Å². The van der Waals surface area contributed by atoms with E-state index in [1.807, 2.05) is 54.6 Å². The van der Waals surface area contributed by atoms with Gasteiger partial charge in [-0.3, -0.25) is 9.59 Å². The minimum atomic E-state index is -1.37. The van der Waals surface area contributed by atoms with Crippen LogP contribution in [0.3, 0.4) is 0 Å². The SMILES string of the molecule is C[C@]12C=CC(=O)C=C1CC[C@@H]1[C@@H]2[C@@H](O)C[C@@]2(C)[C@H]1C[C@H]1O[C@@H](c3ccc(-c4ccc(-c5cccc(N)c5)cc4)cc3)O[C@]12C(=O)CO. The number of nitrogens with two attached hydrogens (primary N) is 1. The molecule has 0 unspecified atom stereocenters. The number of hydrogen-bond acceptors (Lipinski definition) is 7. The van der Waals surface area contributed by atoms with Crippen molar-refractivity contribution in [2.45, 2.75) is 63.6 Å². The van der Waals surface area contributed by atoms with Crippen molar-refractivity contribution in [1.29, 1.82) is 0 Å². The molecule has 0 radical (unpaired) electrons. The van der Waals surface area contributed by atoms with Crippen LogP contribution in [0.15, 0.2) is 96.6 Å². The third-order valence-corrected chi connectivity index (χ3v) is 12.4.